The van der Waals surface area contributed by atoms with Crippen molar-refractivity contribution in [1.82, 2.24) is 14.5 Å². The molecule has 1 aliphatic rings. The van der Waals surface area contributed by atoms with Crippen LogP contribution in [0.15, 0.2) is 42.5 Å². The average molecular weight is 635 g/mol. The highest BCUT2D eigenvalue weighted by atomic mass is 35.5. The molecular formula is C26H14ClF9N5O2-. The van der Waals surface area contributed by atoms with Crippen molar-refractivity contribution in [3.05, 3.63) is 98.0 Å². The van der Waals surface area contributed by atoms with Crippen LogP contribution in [0.3, 0.4) is 0 Å². The van der Waals surface area contributed by atoms with Gasteiger partial charge in [0, 0.05) is 45.1 Å². The first-order chi connectivity index (χ1) is 20.1. The van der Waals surface area contributed by atoms with Gasteiger partial charge in [0.25, 0.3) is 18.4 Å². The van der Waals surface area contributed by atoms with E-state index in [9.17, 15) is 54.5 Å². The summed E-state index contributed by atoms with van der Waals surface area (Å²) in [6.07, 6.45) is -8.26. The summed E-state index contributed by atoms with van der Waals surface area (Å²) in [5, 5.41) is 14.9. The number of fused-ring (bicyclic) bond motifs is 3. The van der Waals surface area contributed by atoms with Gasteiger partial charge in [-0.2, -0.15) is 13.2 Å². The van der Waals surface area contributed by atoms with Crippen molar-refractivity contribution in [3.8, 4) is 0 Å². The number of rotatable bonds is 6. The Labute approximate surface area is 239 Å². The summed E-state index contributed by atoms with van der Waals surface area (Å²) in [5.74, 6) is -4.80. The van der Waals surface area contributed by atoms with Gasteiger partial charge in [-0.25, -0.2) is 26.3 Å². The quantitative estimate of drug-likeness (QED) is 0.234. The molecule has 1 atom stereocenters. The number of halogens is 10. The molecule has 1 aliphatic heterocycles. The number of amides is 2. The smallest absolute Gasteiger partial charge is 0.391 e. The third-order valence-electron chi connectivity index (χ3n) is 6.62. The molecule has 1 aromatic heterocycles. The molecule has 0 radical (unpaired) electrons. The topological polar surface area (TPSA) is 90.4 Å². The molecule has 0 bridgehead atoms. The second-order valence-electron chi connectivity index (χ2n) is 9.28. The van der Waals surface area contributed by atoms with Crippen LogP contribution >= 0.6 is 11.6 Å². The lowest BCUT2D eigenvalue weighted by molar-refractivity contribution is -0.137. The van der Waals surface area contributed by atoms with Gasteiger partial charge in [0.05, 0.1) is 17.2 Å². The minimum atomic E-state index is -5.05. The van der Waals surface area contributed by atoms with Crippen LogP contribution in [0, 0.1) is 11.6 Å². The summed E-state index contributed by atoms with van der Waals surface area (Å²) in [4.78, 5) is 26.4. The number of aromatic nitrogens is 2. The first-order valence-electron chi connectivity index (χ1n) is 11.9. The zero-order valence-electron chi connectivity index (χ0n) is 20.9. The lowest BCUT2D eigenvalue weighted by Crippen LogP contribution is -2.27. The second kappa shape index (κ2) is 10.7. The Hall–Kier alpha value is -4.47. The summed E-state index contributed by atoms with van der Waals surface area (Å²) in [5.41, 5.74) is -6.82. The lowest BCUT2D eigenvalue weighted by atomic mass is 9.95. The van der Waals surface area contributed by atoms with Crippen LogP contribution in [-0.2, 0) is 12.7 Å². The van der Waals surface area contributed by atoms with Crippen LogP contribution in [-0.4, -0.2) is 27.4 Å². The first-order valence-corrected chi connectivity index (χ1v) is 12.3. The van der Waals surface area contributed by atoms with E-state index >= 15 is 0 Å². The molecule has 0 aliphatic carbocycles. The summed E-state index contributed by atoms with van der Waals surface area (Å²) >= 11 is 6.20. The molecule has 3 aromatic carbocycles. The molecule has 2 heterocycles. The van der Waals surface area contributed by atoms with Crippen LogP contribution in [0.1, 0.15) is 50.0 Å². The van der Waals surface area contributed by atoms with Gasteiger partial charge >= 0.3 is 6.18 Å². The summed E-state index contributed by atoms with van der Waals surface area (Å²) < 4.78 is 123. The number of hydrogen-bond donors (Lipinski definition) is 2. The largest absolute Gasteiger partial charge is 0.416 e. The van der Waals surface area contributed by atoms with Crippen molar-refractivity contribution < 1.29 is 49.1 Å². The zero-order valence-corrected chi connectivity index (χ0v) is 21.7. The highest BCUT2D eigenvalue weighted by Crippen LogP contribution is 2.43. The molecule has 0 fully saturated rings. The van der Waals surface area contributed by atoms with Crippen LogP contribution in [0.5, 0.6) is 0 Å². The van der Waals surface area contributed by atoms with Crippen molar-refractivity contribution in [1.29, 1.82) is 0 Å². The van der Waals surface area contributed by atoms with Gasteiger partial charge in [-0.3, -0.25) is 9.59 Å². The Bertz CT molecular complexity index is 1870. The molecule has 1 unspecified atom stereocenters. The van der Waals surface area contributed by atoms with Crippen LogP contribution in [0.2, 0.25) is 5.02 Å². The van der Waals surface area contributed by atoms with Crippen molar-refractivity contribution in [3.63, 3.8) is 0 Å². The Balaban J connectivity index is 1.81. The number of nitrogens with one attached hydrogen (secondary N) is 2. The maximum Gasteiger partial charge on any atom is 0.416 e. The number of carbonyl (C=O) groups excluding carboxylic acids is 2. The van der Waals surface area contributed by atoms with Crippen molar-refractivity contribution in [2.75, 3.05) is 5.32 Å². The maximum atomic E-state index is 14.2. The fraction of sp³-hybridized carbons (Fsp3) is 0.192. The van der Waals surface area contributed by atoms with Crippen molar-refractivity contribution in [2.24, 2.45) is 0 Å². The van der Waals surface area contributed by atoms with Gasteiger partial charge in [0.15, 0.2) is 0 Å². The lowest BCUT2D eigenvalue weighted by Gasteiger charge is -2.20. The van der Waals surface area contributed by atoms with E-state index in [0.717, 1.165) is 24.3 Å². The SMILES string of the molecule is [N-]=c1n(CC(F)F)c2cc(NC(=O)c3cc(F)cc(C(F)(F)F)c3)c3c(c2n1C(F)F)C(=O)NC3c1cc(F)ccc1Cl. The Morgan fingerprint density at radius 3 is 2.37 bits per heavy atom. The Morgan fingerprint density at radius 2 is 1.74 bits per heavy atom. The van der Waals surface area contributed by atoms with Crippen LogP contribution in [0.4, 0.5) is 45.2 Å². The van der Waals surface area contributed by atoms with Crippen molar-refractivity contribution in [2.45, 2.75) is 31.7 Å². The highest BCUT2D eigenvalue weighted by Gasteiger charge is 2.38. The number of benzene rings is 3. The minimum absolute atomic E-state index is 0.112. The summed E-state index contributed by atoms with van der Waals surface area (Å²) in [6.45, 7) is -4.93. The van der Waals surface area contributed by atoms with Gasteiger partial charge in [-0.1, -0.05) is 11.6 Å². The number of hydrogen-bond acceptors (Lipinski definition) is 2. The van der Waals surface area contributed by atoms with Gasteiger partial charge in [-0.05, 0) is 48.0 Å². The monoisotopic (exact) mass is 634 g/mol. The molecule has 0 saturated heterocycles. The normalized spacial score (nSPS) is 15.0. The molecule has 226 valence electrons. The van der Waals surface area contributed by atoms with Gasteiger partial charge in [-0.15, -0.1) is 0 Å². The summed E-state index contributed by atoms with van der Waals surface area (Å²) in [6, 6.07) is 3.19. The molecule has 17 heteroatoms. The standard InChI is InChI=1S/C26H14ClF9N5O2/c27-14-2-1-11(28)6-13(14)20-18-15(38-22(42)9-3-10(26(34,35)36)5-12(29)4-9)7-16-21(19(18)23(43)39-20)41(24(32)33)25(37)40(16)8-17(30)31/h1-7,17,20,24H,8H2,(H,38,42)(H,39,43)/q-1. The van der Waals surface area contributed by atoms with E-state index in [1.165, 1.54) is 0 Å². The molecule has 7 nitrogen and oxygen atoms in total. The molecular weight excluding hydrogens is 621 g/mol. The van der Waals surface area contributed by atoms with Gasteiger partial charge in [0.2, 0.25) is 6.43 Å². The molecule has 2 N–H and O–H groups in total. The number of alkyl halides is 7. The van der Waals surface area contributed by atoms with Crippen LogP contribution < -0.4 is 16.3 Å². The molecule has 43 heavy (non-hydrogen) atoms. The Morgan fingerprint density at radius 1 is 1.05 bits per heavy atom. The maximum absolute atomic E-state index is 14.2. The van der Waals surface area contributed by atoms with E-state index in [1.807, 2.05) is 0 Å². The number of carbonyl (C=O) groups is 2. The number of imidazole rings is 1. The van der Waals surface area contributed by atoms with Crippen LogP contribution in [0.25, 0.3) is 16.4 Å². The highest BCUT2D eigenvalue weighted by molar-refractivity contribution is 6.31. The fourth-order valence-corrected chi connectivity index (χ4v) is 5.15. The fourth-order valence-electron chi connectivity index (χ4n) is 4.92. The Kier molecular flexibility index (Phi) is 7.44. The van der Waals surface area contributed by atoms with E-state index in [0.29, 0.717) is 16.7 Å². The van der Waals surface area contributed by atoms with Gasteiger partial charge < -0.3 is 25.2 Å². The average Bonchev–Trinajstić information content (AvgIpc) is 3.38. The minimum Gasteiger partial charge on any atom is -0.391 e. The molecule has 0 spiro atoms. The number of anilines is 1. The second-order valence-corrected chi connectivity index (χ2v) is 9.69. The van der Waals surface area contributed by atoms with E-state index in [1.54, 1.807) is 0 Å². The third-order valence-corrected chi connectivity index (χ3v) is 6.96. The number of nitrogens with zero attached hydrogens (tertiary/aromatic N) is 3. The van der Waals surface area contributed by atoms with Crippen molar-refractivity contribution >= 4 is 40.1 Å². The molecule has 2 amide bonds. The third kappa shape index (κ3) is 5.30. The zero-order chi connectivity index (χ0) is 31.5. The predicted octanol–water partition coefficient (Wildman–Crippen LogP) is 6.61. The predicted molar refractivity (Wildman–Crippen MR) is 134 cm³/mol. The van der Waals surface area contributed by atoms with E-state index in [4.69, 9.17) is 11.6 Å². The van der Waals surface area contributed by atoms with Gasteiger partial charge in [0.1, 0.15) is 11.6 Å². The van der Waals surface area contributed by atoms with E-state index < -0.39 is 94.2 Å². The first kappa shape index (κ1) is 30.0. The summed E-state index contributed by atoms with van der Waals surface area (Å²) in [7, 11) is 0. The van der Waals surface area contributed by atoms with E-state index in [-0.39, 0.29) is 26.8 Å². The molecule has 5 rings (SSSR count). The molecule has 0 saturated carbocycles. The van der Waals surface area contributed by atoms with E-state index in [2.05, 4.69) is 10.6 Å². The molecule has 4 aromatic rings.